The molecule has 0 bridgehead atoms. The Hall–Kier alpha value is -3.32. The van der Waals surface area contributed by atoms with Crippen molar-refractivity contribution in [1.82, 2.24) is 0 Å². The van der Waals surface area contributed by atoms with Gasteiger partial charge in [0.25, 0.3) is 0 Å². The Morgan fingerprint density at radius 1 is 0.577 bits per heavy atom. The van der Waals surface area contributed by atoms with Crippen LogP contribution in [0.5, 0.6) is 11.5 Å². The van der Waals surface area contributed by atoms with Gasteiger partial charge in [0.2, 0.25) is 0 Å². The van der Waals surface area contributed by atoms with E-state index in [1.807, 2.05) is 6.07 Å². The van der Waals surface area contributed by atoms with Crippen molar-refractivity contribution in [3.63, 3.8) is 0 Å². The predicted molar refractivity (Wildman–Crippen MR) is 109 cm³/mol. The number of benzene rings is 5. The summed E-state index contributed by atoms with van der Waals surface area (Å²) in [5.74, 6) is 1.89. The fraction of sp³-hybridized carbons (Fsp3) is 0.0400. The largest absolute Gasteiger partial charge is 0.456 e. The van der Waals surface area contributed by atoms with E-state index in [1.54, 1.807) is 0 Å². The smallest absolute Gasteiger partial charge is 0.135 e. The molecule has 0 saturated heterocycles. The minimum absolute atomic E-state index is 0.940. The lowest BCUT2D eigenvalue weighted by Crippen LogP contribution is -2.00. The number of fused-ring (bicyclic) bond motifs is 6. The van der Waals surface area contributed by atoms with Crippen molar-refractivity contribution in [2.45, 2.75) is 6.92 Å². The Balaban J connectivity index is 1.95. The zero-order chi connectivity index (χ0) is 17.3. The number of hydrogen-bond acceptors (Lipinski definition) is 1. The van der Waals surface area contributed by atoms with Gasteiger partial charge in [-0.25, -0.2) is 0 Å². The molecule has 1 aliphatic heterocycles. The van der Waals surface area contributed by atoms with Gasteiger partial charge in [0.05, 0.1) is 0 Å². The molecule has 0 N–H and O–H groups in total. The topological polar surface area (TPSA) is 9.23 Å². The first kappa shape index (κ1) is 13.9. The van der Waals surface area contributed by atoms with Crippen molar-refractivity contribution in [3.05, 3.63) is 84.4 Å². The first-order valence-electron chi connectivity index (χ1n) is 8.97. The summed E-state index contributed by atoms with van der Waals surface area (Å²) >= 11 is 0. The summed E-state index contributed by atoms with van der Waals surface area (Å²) in [6.45, 7) is 2.25. The molecule has 1 aliphatic rings. The highest BCUT2D eigenvalue weighted by Gasteiger charge is 2.24. The van der Waals surface area contributed by atoms with Crippen LogP contribution in [0.3, 0.4) is 0 Å². The molecule has 1 nitrogen and oxygen atoms in total. The van der Waals surface area contributed by atoms with E-state index in [-0.39, 0.29) is 0 Å². The van der Waals surface area contributed by atoms with Crippen molar-refractivity contribution < 1.29 is 4.74 Å². The summed E-state index contributed by atoms with van der Waals surface area (Å²) in [6, 6.07) is 27.9. The number of rotatable bonds is 0. The lowest BCUT2D eigenvalue weighted by Gasteiger charge is -2.25. The first-order chi connectivity index (χ1) is 12.8. The maximum atomic E-state index is 6.24. The third kappa shape index (κ3) is 1.65. The standard InChI is InChI=1S/C25H16O/c1-15-23-17-8-3-2-7-16(17)13-14-19(23)18-10-6-12-22-25(18)24(15)20-9-4-5-11-21(20)26-22/h2-14H,1H3. The molecule has 1 heteroatoms. The van der Waals surface area contributed by atoms with Gasteiger partial charge in [0.1, 0.15) is 11.5 Å². The number of aryl methyl sites for hydroxylation is 1. The van der Waals surface area contributed by atoms with Crippen molar-refractivity contribution >= 4 is 32.3 Å². The highest BCUT2D eigenvalue weighted by Crippen LogP contribution is 2.51. The monoisotopic (exact) mass is 332 g/mol. The van der Waals surface area contributed by atoms with Crippen LogP contribution >= 0.6 is 0 Å². The summed E-state index contributed by atoms with van der Waals surface area (Å²) in [6.07, 6.45) is 0. The second-order valence-electron chi connectivity index (χ2n) is 6.99. The van der Waals surface area contributed by atoms with Crippen LogP contribution in [0.4, 0.5) is 0 Å². The van der Waals surface area contributed by atoms with E-state index in [0.29, 0.717) is 0 Å². The molecule has 6 rings (SSSR count). The molecule has 122 valence electrons. The fourth-order valence-corrected chi connectivity index (χ4v) is 4.53. The number of hydrogen-bond donors (Lipinski definition) is 0. The van der Waals surface area contributed by atoms with E-state index in [4.69, 9.17) is 4.74 Å². The fourth-order valence-electron chi connectivity index (χ4n) is 4.53. The van der Waals surface area contributed by atoms with Crippen molar-refractivity contribution in [2.24, 2.45) is 0 Å². The van der Waals surface area contributed by atoms with Gasteiger partial charge < -0.3 is 4.74 Å². The molecule has 0 saturated carbocycles. The normalized spacial score (nSPS) is 12.3. The lowest BCUT2D eigenvalue weighted by molar-refractivity contribution is 0.487. The SMILES string of the molecule is Cc1c2c3c(cccc3c3ccc4ccccc4c13)Oc1ccccc1-2. The van der Waals surface area contributed by atoms with Gasteiger partial charge in [-0.15, -0.1) is 0 Å². The lowest BCUT2D eigenvalue weighted by atomic mass is 9.85. The Morgan fingerprint density at radius 3 is 2.27 bits per heavy atom. The molecule has 0 spiro atoms. The molecule has 0 radical (unpaired) electrons. The highest BCUT2D eigenvalue weighted by atomic mass is 16.5. The van der Waals surface area contributed by atoms with Gasteiger partial charge in [0, 0.05) is 16.5 Å². The Kier molecular flexibility index (Phi) is 2.60. The summed E-state index contributed by atoms with van der Waals surface area (Å²) in [5, 5.41) is 7.73. The summed E-state index contributed by atoms with van der Waals surface area (Å²) in [4.78, 5) is 0. The molecule has 0 amide bonds. The molecule has 0 fully saturated rings. The molecule has 0 aliphatic carbocycles. The van der Waals surface area contributed by atoms with Gasteiger partial charge in [0.15, 0.2) is 0 Å². The maximum Gasteiger partial charge on any atom is 0.135 e. The molecule has 5 aromatic rings. The quantitative estimate of drug-likeness (QED) is 0.267. The molecule has 0 atom stereocenters. The second-order valence-corrected chi connectivity index (χ2v) is 6.99. The van der Waals surface area contributed by atoms with Crippen LogP contribution in [-0.2, 0) is 0 Å². The van der Waals surface area contributed by atoms with E-state index in [1.165, 1.54) is 49.0 Å². The predicted octanol–water partition coefficient (Wildman–Crippen LogP) is 7.23. The van der Waals surface area contributed by atoms with E-state index in [9.17, 15) is 0 Å². The first-order valence-corrected chi connectivity index (χ1v) is 8.97. The molecule has 26 heavy (non-hydrogen) atoms. The Bertz CT molecular complexity index is 1360. The average Bonchev–Trinajstić information content (AvgIpc) is 2.70. The van der Waals surface area contributed by atoms with Crippen LogP contribution < -0.4 is 4.74 Å². The highest BCUT2D eigenvalue weighted by molar-refractivity contribution is 6.24. The Labute approximate surface area is 151 Å². The third-order valence-electron chi connectivity index (χ3n) is 5.62. The molecule has 0 aromatic heterocycles. The second kappa shape index (κ2) is 4.86. The van der Waals surface area contributed by atoms with Crippen LogP contribution in [0, 0.1) is 6.92 Å². The Morgan fingerprint density at radius 2 is 1.31 bits per heavy atom. The molecule has 0 unspecified atom stereocenters. The van der Waals surface area contributed by atoms with Crippen molar-refractivity contribution in [2.75, 3.05) is 0 Å². The maximum absolute atomic E-state index is 6.24. The number of para-hydroxylation sites is 1. The zero-order valence-electron chi connectivity index (χ0n) is 14.4. The molecule has 5 aromatic carbocycles. The van der Waals surface area contributed by atoms with E-state index in [0.717, 1.165) is 11.5 Å². The minimum atomic E-state index is 0.940. The molecular weight excluding hydrogens is 316 g/mol. The zero-order valence-corrected chi connectivity index (χ0v) is 14.4. The van der Waals surface area contributed by atoms with Crippen LogP contribution in [0.15, 0.2) is 78.9 Å². The van der Waals surface area contributed by atoms with Crippen LogP contribution in [0.25, 0.3) is 43.4 Å². The van der Waals surface area contributed by atoms with Crippen LogP contribution in [0.2, 0.25) is 0 Å². The van der Waals surface area contributed by atoms with Crippen LogP contribution in [0.1, 0.15) is 5.56 Å². The van der Waals surface area contributed by atoms with Gasteiger partial charge in [-0.2, -0.15) is 0 Å². The number of ether oxygens (including phenoxy) is 1. The van der Waals surface area contributed by atoms with Crippen molar-refractivity contribution in [1.29, 1.82) is 0 Å². The molecular formula is C25H16O. The van der Waals surface area contributed by atoms with Crippen molar-refractivity contribution in [3.8, 4) is 22.6 Å². The third-order valence-corrected chi connectivity index (χ3v) is 5.62. The van der Waals surface area contributed by atoms with E-state index < -0.39 is 0 Å². The summed E-state index contributed by atoms with van der Waals surface area (Å²) < 4.78 is 6.24. The van der Waals surface area contributed by atoms with Gasteiger partial charge in [-0.1, -0.05) is 66.7 Å². The summed E-state index contributed by atoms with van der Waals surface area (Å²) in [7, 11) is 0. The minimum Gasteiger partial charge on any atom is -0.456 e. The average molecular weight is 332 g/mol. The van der Waals surface area contributed by atoms with E-state index >= 15 is 0 Å². The van der Waals surface area contributed by atoms with E-state index in [2.05, 4.69) is 79.7 Å². The molecule has 1 heterocycles. The summed E-state index contributed by atoms with van der Waals surface area (Å²) in [5.41, 5.74) is 3.82. The van der Waals surface area contributed by atoms with Gasteiger partial charge >= 0.3 is 0 Å². The van der Waals surface area contributed by atoms with Gasteiger partial charge in [-0.3, -0.25) is 0 Å². The van der Waals surface area contributed by atoms with Gasteiger partial charge in [-0.05, 0) is 51.6 Å². The van der Waals surface area contributed by atoms with Crippen LogP contribution in [-0.4, -0.2) is 0 Å².